The lowest BCUT2D eigenvalue weighted by molar-refractivity contribution is -0.107. The molecule has 0 spiro atoms. The van der Waals surface area contributed by atoms with Crippen LogP contribution in [0.25, 0.3) is 0 Å². The van der Waals surface area contributed by atoms with Crippen LogP contribution in [0, 0.1) is 0 Å². The number of rotatable bonds is 1. The third kappa shape index (κ3) is 8.82. The highest BCUT2D eigenvalue weighted by Crippen LogP contribution is 1.87. The summed E-state index contributed by atoms with van der Waals surface area (Å²) in [7, 11) is 0. The third-order valence-electron chi connectivity index (χ3n) is 0.188. The molecule has 3 heteroatoms. The summed E-state index contributed by atoms with van der Waals surface area (Å²) in [4.78, 5) is 9.47. The van der Waals surface area contributed by atoms with E-state index in [2.05, 4.69) is 15.9 Å². The van der Waals surface area contributed by atoms with Gasteiger partial charge < -0.3 is 4.79 Å². The van der Waals surface area contributed by atoms with Gasteiger partial charge in [-0.3, -0.25) is 0 Å². The molecule has 0 aliphatic carbocycles. The summed E-state index contributed by atoms with van der Waals surface area (Å²) in [6, 6.07) is 0. The Hall–Kier alpha value is 0.500. The number of alkyl halides is 1. The van der Waals surface area contributed by atoms with Crippen LogP contribution < -0.4 is 0 Å². The first-order valence-corrected chi connectivity index (χ1v) is 2.28. The molecule has 0 bridgehead atoms. The maximum absolute atomic E-state index is 9.46. The summed E-state index contributed by atoms with van der Waals surface area (Å²) in [6.45, 7) is 1.77. The smallest absolute Gasteiger partial charge is 0.133 e. The quantitative estimate of drug-likeness (QED) is 0.426. The van der Waals surface area contributed by atoms with Crippen molar-refractivity contribution >= 4 is 35.7 Å². The molecule has 0 aliphatic rings. The van der Waals surface area contributed by atoms with Crippen molar-refractivity contribution in [2.45, 2.75) is 11.8 Å². The second-order valence-corrected chi connectivity index (χ2v) is 2.26. The Morgan fingerprint density at radius 2 is 2.00 bits per heavy atom. The molecule has 0 N–H and O–H groups in total. The number of hydrogen-bond donors (Lipinski definition) is 0. The monoisotopic (exact) mass is 170 g/mol. The predicted octanol–water partition coefficient (Wildman–Crippen LogP) is 1.08. The van der Waals surface area contributed by atoms with Crippen LogP contribution in [0.15, 0.2) is 0 Å². The fourth-order valence-corrected chi connectivity index (χ4v) is 0. The van der Waals surface area contributed by atoms with Crippen LogP contribution in [0.1, 0.15) is 6.92 Å². The largest absolute Gasteiger partial charge is 0.302 e. The second-order valence-electron chi connectivity index (χ2n) is 0.814. The molecule has 0 rings (SSSR count). The molecular formula is C3H7BrOS. The SMILES string of the molecule is CC(Br)C=O.S. The summed E-state index contributed by atoms with van der Waals surface area (Å²) < 4.78 is 0. The number of halogens is 1. The number of aldehydes is 1. The molecule has 1 unspecified atom stereocenters. The molecule has 0 aromatic rings. The molecule has 0 saturated carbocycles. The summed E-state index contributed by atoms with van der Waals surface area (Å²) in [5.41, 5.74) is 0. The van der Waals surface area contributed by atoms with E-state index in [1.165, 1.54) is 0 Å². The normalized spacial score (nSPS) is 11.7. The molecule has 6 heavy (non-hydrogen) atoms. The minimum Gasteiger partial charge on any atom is -0.302 e. The van der Waals surface area contributed by atoms with Crippen LogP contribution in [0.4, 0.5) is 0 Å². The Bertz CT molecular complexity index is 37.8. The van der Waals surface area contributed by atoms with Crippen LogP contribution in [0.2, 0.25) is 0 Å². The van der Waals surface area contributed by atoms with Crippen molar-refractivity contribution in [3.63, 3.8) is 0 Å². The van der Waals surface area contributed by atoms with Gasteiger partial charge in [-0.25, -0.2) is 0 Å². The molecule has 0 aliphatic heterocycles. The fourth-order valence-electron chi connectivity index (χ4n) is 0. The molecule has 1 atom stereocenters. The van der Waals surface area contributed by atoms with Crippen molar-refractivity contribution in [2.75, 3.05) is 0 Å². The first-order valence-electron chi connectivity index (χ1n) is 1.36. The molecule has 0 heterocycles. The van der Waals surface area contributed by atoms with Gasteiger partial charge in [0.25, 0.3) is 0 Å². The van der Waals surface area contributed by atoms with Gasteiger partial charge in [-0.1, -0.05) is 15.9 Å². The number of carbonyl (C=O) groups excluding carboxylic acids is 1. The zero-order chi connectivity index (χ0) is 4.28. The van der Waals surface area contributed by atoms with E-state index >= 15 is 0 Å². The standard InChI is InChI=1S/C3H5BrO.H2S/c1-3(4)2-5;/h2-3H,1H3;1H2. The summed E-state index contributed by atoms with van der Waals surface area (Å²) >= 11 is 3.01. The Labute approximate surface area is 52.7 Å². The molecular weight excluding hydrogens is 164 g/mol. The molecule has 0 amide bonds. The van der Waals surface area contributed by atoms with Crippen LogP contribution in [0.5, 0.6) is 0 Å². The van der Waals surface area contributed by atoms with Crippen molar-refractivity contribution in [1.82, 2.24) is 0 Å². The number of hydrogen-bond acceptors (Lipinski definition) is 1. The molecule has 0 aromatic heterocycles. The van der Waals surface area contributed by atoms with E-state index < -0.39 is 0 Å². The van der Waals surface area contributed by atoms with Gasteiger partial charge in [-0.15, -0.1) is 0 Å². The molecule has 0 radical (unpaired) electrons. The van der Waals surface area contributed by atoms with Gasteiger partial charge in [0.2, 0.25) is 0 Å². The lowest BCUT2D eigenvalue weighted by Crippen LogP contribution is -1.85. The fraction of sp³-hybridized carbons (Fsp3) is 0.667. The zero-order valence-corrected chi connectivity index (χ0v) is 6.03. The molecule has 0 fully saturated rings. The van der Waals surface area contributed by atoms with Crippen molar-refractivity contribution in [3.05, 3.63) is 0 Å². The van der Waals surface area contributed by atoms with Gasteiger partial charge >= 0.3 is 0 Å². The van der Waals surface area contributed by atoms with Crippen molar-refractivity contribution in [3.8, 4) is 0 Å². The maximum Gasteiger partial charge on any atom is 0.133 e. The first kappa shape index (κ1) is 9.71. The van der Waals surface area contributed by atoms with Gasteiger partial charge in [0.1, 0.15) is 6.29 Å². The summed E-state index contributed by atoms with van der Waals surface area (Å²) in [5, 5.41) is 0. The molecule has 0 saturated heterocycles. The van der Waals surface area contributed by atoms with Crippen molar-refractivity contribution in [2.24, 2.45) is 0 Å². The lowest BCUT2D eigenvalue weighted by Gasteiger charge is -1.76. The van der Waals surface area contributed by atoms with E-state index in [-0.39, 0.29) is 18.3 Å². The Balaban J connectivity index is 0. The lowest BCUT2D eigenvalue weighted by atomic mass is 10.6. The minimum absolute atomic E-state index is 0. The van der Waals surface area contributed by atoms with Gasteiger partial charge in [0.05, 0.1) is 4.83 Å². The zero-order valence-electron chi connectivity index (χ0n) is 3.44. The van der Waals surface area contributed by atoms with E-state index in [4.69, 9.17) is 0 Å². The minimum atomic E-state index is 0. The van der Waals surface area contributed by atoms with Gasteiger partial charge in [0.15, 0.2) is 0 Å². The number of carbonyl (C=O) groups is 1. The molecule has 0 aromatic carbocycles. The summed E-state index contributed by atoms with van der Waals surface area (Å²) in [5.74, 6) is 0. The Morgan fingerprint density at radius 3 is 2.00 bits per heavy atom. The third-order valence-corrected chi connectivity index (χ3v) is 0.403. The van der Waals surface area contributed by atoms with Crippen LogP contribution in [-0.2, 0) is 4.79 Å². The second kappa shape index (κ2) is 5.50. The maximum atomic E-state index is 9.46. The highest BCUT2D eigenvalue weighted by atomic mass is 79.9. The highest BCUT2D eigenvalue weighted by Gasteiger charge is 1.82. The van der Waals surface area contributed by atoms with Gasteiger partial charge in [-0.2, -0.15) is 13.5 Å². The van der Waals surface area contributed by atoms with E-state index in [0.29, 0.717) is 0 Å². The highest BCUT2D eigenvalue weighted by molar-refractivity contribution is 9.09. The van der Waals surface area contributed by atoms with Gasteiger partial charge in [-0.05, 0) is 6.92 Å². The molecule has 1 nitrogen and oxygen atoms in total. The van der Waals surface area contributed by atoms with Crippen molar-refractivity contribution < 1.29 is 4.79 Å². The van der Waals surface area contributed by atoms with E-state index in [1.807, 2.05) is 0 Å². The Morgan fingerprint density at radius 1 is 1.83 bits per heavy atom. The van der Waals surface area contributed by atoms with Crippen LogP contribution in [-0.4, -0.2) is 11.1 Å². The van der Waals surface area contributed by atoms with Crippen molar-refractivity contribution in [1.29, 1.82) is 0 Å². The average Bonchev–Trinajstić information content (AvgIpc) is 1.38. The summed E-state index contributed by atoms with van der Waals surface area (Å²) in [6.07, 6.45) is 0.833. The van der Waals surface area contributed by atoms with Crippen LogP contribution in [0.3, 0.4) is 0 Å². The first-order chi connectivity index (χ1) is 2.27. The van der Waals surface area contributed by atoms with E-state index in [1.54, 1.807) is 6.92 Å². The van der Waals surface area contributed by atoms with E-state index in [9.17, 15) is 4.79 Å². The Kier molecular flexibility index (Phi) is 8.90. The predicted molar refractivity (Wildman–Crippen MR) is 34.8 cm³/mol. The van der Waals surface area contributed by atoms with Crippen LogP contribution >= 0.6 is 29.4 Å². The topological polar surface area (TPSA) is 17.1 Å². The average molecular weight is 171 g/mol. The molecule has 38 valence electrons. The van der Waals surface area contributed by atoms with E-state index in [0.717, 1.165) is 6.29 Å². The van der Waals surface area contributed by atoms with Gasteiger partial charge in [0, 0.05) is 0 Å².